The van der Waals surface area contributed by atoms with Crippen LogP contribution in [0, 0.1) is 0 Å². The predicted octanol–water partition coefficient (Wildman–Crippen LogP) is 6.92. The zero-order chi connectivity index (χ0) is 20.1. The van der Waals surface area contributed by atoms with Crippen LogP contribution in [-0.4, -0.2) is 0 Å². The molecule has 0 heterocycles. The molecule has 0 fully saturated rings. The van der Waals surface area contributed by atoms with Gasteiger partial charge in [-0.05, 0) is 47.0 Å². The van der Waals surface area contributed by atoms with Crippen LogP contribution in [0.1, 0.15) is 29.7 Å². The Morgan fingerprint density at radius 3 is 2.48 bits per heavy atom. The zero-order valence-electron chi connectivity index (χ0n) is 16.4. The van der Waals surface area contributed by atoms with Crippen LogP contribution in [-0.2, 0) is 13.2 Å². The van der Waals surface area contributed by atoms with Crippen LogP contribution in [0.15, 0.2) is 91.0 Å². The minimum Gasteiger partial charge on any atom is -0.489 e. The van der Waals surface area contributed by atoms with Gasteiger partial charge in [-0.2, -0.15) is 0 Å². The molecule has 4 aromatic rings. The molecule has 29 heavy (non-hydrogen) atoms. The maximum absolute atomic E-state index is 6.23. The summed E-state index contributed by atoms with van der Waals surface area (Å²) in [6.45, 7) is 3.40. The average Bonchev–Trinajstić information content (AvgIpc) is 2.77. The fourth-order valence-electron chi connectivity index (χ4n) is 3.54. The first-order chi connectivity index (χ1) is 14.2. The van der Waals surface area contributed by atoms with Crippen LogP contribution in [0.2, 0.25) is 5.02 Å². The molecule has 0 unspecified atom stereocenters. The van der Waals surface area contributed by atoms with Crippen molar-refractivity contribution in [3.63, 3.8) is 0 Å². The summed E-state index contributed by atoms with van der Waals surface area (Å²) in [4.78, 5) is 0. The molecule has 2 nitrogen and oxygen atoms in total. The normalized spacial score (nSPS) is 12.1. The maximum atomic E-state index is 6.23. The number of hydrogen-bond acceptors (Lipinski definition) is 2. The second kappa shape index (κ2) is 9.13. The van der Waals surface area contributed by atoms with Gasteiger partial charge < -0.3 is 10.1 Å². The molecule has 0 bridgehead atoms. The summed E-state index contributed by atoms with van der Waals surface area (Å²) in [5.74, 6) is 0.899. The monoisotopic (exact) mass is 401 g/mol. The molecule has 0 amide bonds. The van der Waals surface area contributed by atoms with Gasteiger partial charge in [0.05, 0.1) is 0 Å². The summed E-state index contributed by atoms with van der Waals surface area (Å²) in [7, 11) is 0. The molecule has 0 aliphatic heterocycles. The van der Waals surface area contributed by atoms with Crippen molar-refractivity contribution in [2.75, 3.05) is 0 Å². The van der Waals surface area contributed by atoms with Crippen LogP contribution in [0.5, 0.6) is 5.75 Å². The Labute approximate surface area is 177 Å². The van der Waals surface area contributed by atoms with Gasteiger partial charge in [-0.1, -0.05) is 84.4 Å². The van der Waals surface area contributed by atoms with E-state index in [1.54, 1.807) is 0 Å². The van der Waals surface area contributed by atoms with Gasteiger partial charge in [0.15, 0.2) is 0 Å². The summed E-state index contributed by atoms with van der Waals surface area (Å²) < 4.78 is 6.23. The predicted molar refractivity (Wildman–Crippen MR) is 121 cm³/mol. The Kier molecular flexibility index (Phi) is 6.14. The van der Waals surface area contributed by atoms with Gasteiger partial charge in [0.1, 0.15) is 12.4 Å². The van der Waals surface area contributed by atoms with Gasteiger partial charge in [-0.15, -0.1) is 0 Å². The number of hydrogen-bond donors (Lipinski definition) is 1. The molecule has 4 rings (SSSR count). The van der Waals surface area contributed by atoms with Crippen LogP contribution in [0.25, 0.3) is 10.8 Å². The fraction of sp³-hybridized carbons (Fsp3) is 0.154. The Balaban J connectivity index is 1.58. The van der Waals surface area contributed by atoms with E-state index < -0.39 is 0 Å². The van der Waals surface area contributed by atoms with E-state index in [9.17, 15) is 0 Å². The first-order valence-electron chi connectivity index (χ1n) is 9.87. The van der Waals surface area contributed by atoms with E-state index in [1.165, 1.54) is 21.9 Å². The van der Waals surface area contributed by atoms with Gasteiger partial charge in [0.25, 0.3) is 0 Å². The minimum atomic E-state index is 0.246. The second-order valence-corrected chi connectivity index (χ2v) is 7.63. The highest BCUT2D eigenvalue weighted by Crippen LogP contribution is 2.29. The van der Waals surface area contributed by atoms with Gasteiger partial charge in [0.2, 0.25) is 0 Å². The third-order valence-electron chi connectivity index (χ3n) is 5.17. The van der Waals surface area contributed by atoms with E-state index in [2.05, 4.69) is 72.9 Å². The minimum absolute atomic E-state index is 0.246. The van der Waals surface area contributed by atoms with Gasteiger partial charge >= 0.3 is 0 Å². The standard InChI is InChI=1S/C26H24ClNO/c1-19(21-9-3-2-4-10-21)28-17-25-24-13-6-5-11-22(24)14-15-26(25)29-18-20-8-7-12-23(27)16-20/h2-16,19,28H,17-18H2,1H3/t19-/m0/s1. The molecule has 0 saturated carbocycles. The maximum Gasteiger partial charge on any atom is 0.124 e. The van der Waals surface area contributed by atoms with Crippen molar-refractivity contribution >= 4 is 22.4 Å². The molecule has 0 aliphatic carbocycles. The first kappa shape index (κ1) is 19.5. The molecule has 0 radical (unpaired) electrons. The number of benzene rings is 4. The smallest absolute Gasteiger partial charge is 0.124 e. The SMILES string of the molecule is C[C@H](NCc1c(OCc2cccc(Cl)c2)ccc2ccccc12)c1ccccc1. The van der Waals surface area contributed by atoms with Crippen molar-refractivity contribution in [1.29, 1.82) is 0 Å². The number of nitrogens with one attached hydrogen (secondary N) is 1. The average molecular weight is 402 g/mol. The number of rotatable bonds is 7. The Bertz CT molecular complexity index is 1090. The second-order valence-electron chi connectivity index (χ2n) is 7.20. The van der Waals surface area contributed by atoms with E-state index in [-0.39, 0.29) is 6.04 Å². The summed E-state index contributed by atoms with van der Waals surface area (Å²) >= 11 is 6.11. The molecule has 0 spiro atoms. The molecule has 1 N–H and O–H groups in total. The number of ether oxygens (including phenoxy) is 1. The van der Waals surface area contributed by atoms with E-state index in [0.29, 0.717) is 6.61 Å². The van der Waals surface area contributed by atoms with Crippen molar-refractivity contribution in [3.8, 4) is 5.75 Å². The lowest BCUT2D eigenvalue weighted by atomic mass is 10.0. The highest BCUT2D eigenvalue weighted by Gasteiger charge is 2.12. The molecule has 0 saturated heterocycles. The van der Waals surface area contributed by atoms with Gasteiger partial charge in [-0.3, -0.25) is 0 Å². The fourth-order valence-corrected chi connectivity index (χ4v) is 3.75. The van der Waals surface area contributed by atoms with Crippen LogP contribution in [0.3, 0.4) is 0 Å². The van der Waals surface area contributed by atoms with Gasteiger partial charge in [-0.25, -0.2) is 0 Å². The highest BCUT2D eigenvalue weighted by molar-refractivity contribution is 6.30. The quantitative estimate of drug-likeness (QED) is 0.362. The summed E-state index contributed by atoms with van der Waals surface area (Å²) in [5.41, 5.74) is 3.50. The van der Waals surface area contributed by atoms with E-state index in [4.69, 9.17) is 16.3 Å². The molecule has 0 aliphatic rings. The van der Waals surface area contributed by atoms with Crippen molar-refractivity contribution in [1.82, 2.24) is 5.32 Å². The van der Waals surface area contributed by atoms with Crippen LogP contribution >= 0.6 is 11.6 Å². The van der Waals surface area contributed by atoms with Crippen LogP contribution in [0.4, 0.5) is 0 Å². The topological polar surface area (TPSA) is 21.3 Å². The van der Waals surface area contributed by atoms with Crippen molar-refractivity contribution in [2.45, 2.75) is 26.1 Å². The first-order valence-corrected chi connectivity index (χ1v) is 10.2. The molecule has 0 aromatic heterocycles. The molecule has 3 heteroatoms. The van der Waals surface area contributed by atoms with Crippen molar-refractivity contribution in [3.05, 3.63) is 113 Å². The number of halogens is 1. The molecule has 146 valence electrons. The zero-order valence-corrected chi connectivity index (χ0v) is 17.2. The van der Waals surface area contributed by atoms with E-state index >= 15 is 0 Å². The van der Waals surface area contributed by atoms with Crippen molar-refractivity contribution < 1.29 is 4.74 Å². The van der Waals surface area contributed by atoms with Crippen molar-refractivity contribution in [2.24, 2.45) is 0 Å². The summed E-state index contributed by atoms with van der Waals surface area (Å²) in [6.07, 6.45) is 0. The van der Waals surface area contributed by atoms with Crippen LogP contribution < -0.4 is 10.1 Å². The summed E-state index contributed by atoms with van der Waals surface area (Å²) in [6, 6.07) is 31.2. The highest BCUT2D eigenvalue weighted by atomic mass is 35.5. The molecular weight excluding hydrogens is 378 g/mol. The Morgan fingerprint density at radius 1 is 0.862 bits per heavy atom. The number of fused-ring (bicyclic) bond motifs is 1. The third-order valence-corrected chi connectivity index (χ3v) is 5.40. The molecular formula is C26H24ClNO. The lowest BCUT2D eigenvalue weighted by molar-refractivity contribution is 0.302. The Hall–Kier alpha value is -2.81. The third kappa shape index (κ3) is 4.79. The summed E-state index contributed by atoms with van der Waals surface area (Å²) in [5, 5.41) is 6.81. The lowest BCUT2D eigenvalue weighted by Gasteiger charge is -2.18. The Morgan fingerprint density at radius 2 is 1.66 bits per heavy atom. The van der Waals surface area contributed by atoms with E-state index in [1.807, 2.05) is 30.3 Å². The molecule has 1 atom stereocenters. The van der Waals surface area contributed by atoms with Gasteiger partial charge in [0, 0.05) is 23.2 Å². The largest absolute Gasteiger partial charge is 0.489 e. The lowest BCUT2D eigenvalue weighted by Crippen LogP contribution is -2.18. The molecule has 4 aromatic carbocycles. The van der Waals surface area contributed by atoms with E-state index in [0.717, 1.165) is 22.9 Å².